The van der Waals surface area contributed by atoms with Gasteiger partial charge in [-0.25, -0.2) is 14.3 Å². The lowest BCUT2D eigenvalue weighted by molar-refractivity contribution is 0.120. The highest BCUT2D eigenvalue weighted by Crippen LogP contribution is 2.16. The SMILES string of the molecule is Cc1cccc(-n2c(=O)[nH]c3nc(NC[C@@H]4CCCO4)ncc3c2=O)c1C. The number of nitrogens with one attached hydrogen (secondary N) is 2. The number of fused-ring (bicyclic) bond motifs is 1. The first-order chi connectivity index (χ1) is 13.0. The summed E-state index contributed by atoms with van der Waals surface area (Å²) in [5.74, 6) is 0.359. The molecule has 0 radical (unpaired) electrons. The molecule has 2 N–H and O–H groups in total. The van der Waals surface area contributed by atoms with Crippen molar-refractivity contribution in [2.75, 3.05) is 18.5 Å². The molecule has 1 aromatic carbocycles. The molecule has 0 aliphatic carbocycles. The number of anilines is 1. The Kier molecular flexibility index (Phi) is 4.49. The standard InChI is InChI=1S/C19H21N5O3/c1-11-5-3-7-15(12(11)2)24-17(25)14-10-21-18(22-16(14)23-19(24)26)20-9-13-6-4-8-27-13/h3,5,7,10,13H,4,6,8-9H2,1-2H3,(H2,20,21,22,23,26)/t13-/m0/s1. The molecule has 1 saturated heterocycles. The number of aromatic nitrogens is 4. The number of hydrogen-bond donors (Lipinski definition) is 2. The van der Waals surface area contributed by atoms with Crippen LogP contribution in [0, 0.1) is 13.8 Å². The number of aromatic amines is 1. The summed E-state index contributed by atoms with van der Waals surface area (Å²) >= 11 is 0. The van der Waals surface area contributed by atoms with Crippen molar-refractivity contribution in [3.05, 3.63) is 56.4 Å². The third-order valence-electron chi connectivity index (χ3n) is 4.98. The molecule has 0 unspecified atom stereocenters. The molecule has 4 rings (SSSR count). The van der Waals surface area contributed by atoms with E-state index in [4.69, 9.17) is 4.74 Å². The highest BCUT2D eigenvalue weighted by molar-refractivity contribution is 5.73. The summed E-state index contributed by atoms with van der Waals surface area (Å²) in [5, 5.41) is 3.36. The third-order valence-corrected chi connectivity index (χ3v) is 4.98. The molecular weight excluding hydrogens is 346 g/mol. The average Bonchev–Trinajstić information content (AvgIpc) is 3.17. The Balaban J connectivity index is 1.74. The number of aryl methyl sites for hydroxylation is 1. The van der Waals surface area contributed by atoms with Gasteiger partial charge in [0, 0.05) is 19.3 Å². The van der Waals surface area contributed by atoms with Gasteiger partial charge in [0.2, 0.25) is 5.95 Å². The van der Waals surface area contributed by atoms with Gasteiger partial charge in [0.15, 0.2) is 5.65 Å². The maximum atomic E-state index is 12.9. The second kappa shape index (κ2) is 6.96. The van der Waals surface area contributed by atoms with Crippen LogP contribution in [-0.2, 0) is 4.74 Å². The summed E-state index contributed by atoms with van der Waals surface area (Å²) in [6.45, 7) is 5.19. The minimum Gasteiger partial charge on any atom is -0.376 e. The van der Waals surface area contributed by atoms with E-state index in [1.165, 1.54) is 6.20 Å². The monoisotopic (exact) mass is 367 g/mol. The second-order valence-electron chi connectivity index (χ2n) is 6.76. The van der Waals surface area contributed by atoms with Crippen molar-refractivity contribution >= 4 is 17.0 Å². The Morgan fingerprint density at radius 1 is 1.33 bits per heavy atom. The van der Waals surface area contributed by atoms with Crippen LogP contribution in [-0.4, -0.2) is 38.8 Å². The molecule has 1 atom stereocenters. The van der Waals surface area contributed by atoms with Gasteiger partial charge in [-0.3, -0.25) is 9.78 Å². The van der Waals surface area contributed by atoms with Crippen LogP contribution in [0.5, 0.6) is 0 Å². The van der Waals surface area contributed by atoms with Crippen LogP contribution in [0.25, 0.3) is 16.7 Å². The summed E-state index contributed by atoms with van der Waals surface area (Å²) in [5.41, 5.74) is 1.70. The third kappa shape index (κ3) is 3.23. The molecule has 8 nitrogen and oxygen atoms in total. The molecule has 3 heterocycles. The van der Waals surface area contributed by atoms with Crippen molar-refractivity contribution in [3.63, 3.8) is 0 Å². The van der Waals surface area contributed by atoms with Gasteiger partial charge in [0.05, 0.1) is 11.8 Å². The largest absolute Gasteiger partial charge is 0.376 e. The lowest BCUT2D eigenvalue weighted by Gasteiger charge is -2.12. The van der Waals surface area contributed by atoms with Crippen LogP contribution < -0.4 is 16.6 Å². The minimum absolute atomic E-state index is 0.139. The molecular formula is C19H21N5O3. The fourth-order valence-electron chi connectivity index (χ4n) is 3.30. The van der Waals surface area contributed by atoms with E-state index >= 15 is 0 Å². The fraction of sp³-hybridized carbons (Fsp3) is 0.368. The van der Waals surface area contributed by atoms with Crippen molar-refractivity contribution in [2.45, 2.75) is 32.8 Å². The molecule has 140 valence electrons. The summed E-state index contributed by atoms with van der Waals surface area (Å²) < 4.78 is 6.69. The molecule has 0 saturated carbocycles. The van der Waals surface area contributed by atoms with Crippen LogP contribution in [0.2, 0.25) is 0 Å². The van der Waals surface area contributed by atoms with Crippen molar-refractivity contribution in [2.24, 2.45) is 0 Å². The van der Waals surface area contributed by atoms with Gasteiger partial charge in [-0.05, 0) is 43.9 Å². The maximum Gasteiger partial charge on any atom is 0.334 e. The quantitative estimate of drug-likeness (QED) is 0.727. The summed E-state index contributed by atoms with van der Waals surface area (Å²) in [6, 6.07) is 5.51. The predicted octanol–water partition coefficient (Wildman–Crippen LogP) is 1.68. The Hall–Kier alpha value is -3.00. The lowest BCUT2D eigenvalue weighted by atomic mass is 10.1. The fourth-order valence-corrected chi connectivity index (χ4v) is 3.30. The molecule has 27 heavy (non-hydrogen) atoms. The van der Waals surface area contributed by atoms with E-state index in [1.807, 2.05) is 26.0 Å². The number of benzene rings is 1. The van der Waals surface area contributed by atoms with Crippen molar-refractivity contribution in [1.29, 1.82) is 0 Å². The second-order valence-corrected chi connectivity index (χ2v) is 6.76. The van der Waals surface area contributed by atoms with E-state index < -0.39 is 11.2 Å². The van der Waals surface area contributed by atoms with Gasteiger partial charge < -0.3 is 10.1 Å². The van der Waals surface area contributed by atoms with Gasteiger partial charge in [-0.1, -0.05) is 12.1 Å². The van der Waals surface area contributed by atoms with Gasteiger partial charge in [0.25, 0.3) is 5.56 Å². The summed E-state index contributed by atoms with van der Waals surface area (Å²) in [4.78, 5) is 36.7. The Morgan fingerprint density at radius 3 is 2.96 bits per heavy atom. The van der Waals surface area contributed by atoms with Crippen LogP contribution in [0.4, 0.5) is 5.95 Å². The average molecular weight is 367 g/mol. The predicted molar refractivity (Wildman–Crippen MR) is 103 cm³/mol. The highest BCUT2D eigenvalue weighted by Gasteiger charge is 2.17. The minimum atomic E-state index is -0.523. The van der Waals surface area contributed by atoms with Crippen LogP contribution in [0.15, 0.2) is 34.0 Å². The zero-order valence-electron chi connectivity index (χ0n) is 15.3. The number of rotatable bonds is 4. The van der Waals surface area contributed by atoms with E-state index in [1.54, 1.807) is 6.07 Å². The normalized spacial score (nSPS) is 16.7. The number of nitrogens with zero attached hydrogens (tertiary/aromatic N) is 3. The lowest BCUT2D eigenvalue weighted by Crippen LogP contribution is -2.34. The number of hydrogen-bond acceptors (Lipinski definition) is 6. The van der Waals surface area contributed by atoms with Crippen molar-refractivity contribution < 1.29 is 4.74 Å². The molecule has 8 heteroatoms. The zero-order valence-corrected chi connectivity index (χ0v) is 15.3. The first kappa shape index (κ1) is 17.4. The molecule has 1 fully saturated rings. The smallest absolute Gasteiger partial charge is 0.334 e. The molecule has 1 aliphatic rings. The van der Waals surface area contributed by atoms with Crippen LogP contribution >= 0.6 is 0 Å². The van der Waals surface area contributed by atoms with E-state index in [9.17, 15) is 9.59 Å². The first-order valence-electron chi connectivity index (χ1n) is 8.99. The molecule has 1 aliphatic heterocycles. The van der Waals surface area contributed by atoms with Crippen LogP contribution in [0.3, 0.4) is 0 Å². The Labute approximate surface area is 155 Å². The first-order valence-corrected chi connectivity index (χ1v) is 8.99. The van der Waals surface area contributed by atoms with Gasteiger partial charge >= 0.3 is 5.69 Å². The van der Waals surface area contributed by atoms with Crippen LogP contribution in [0.1, 0.15) is 24.0 Å². The van der Waals surface area contributed by atoms with Crippen molar-refractivity contribution in [1.82, 2.24) is 19.5 Å². The summed E-state index contributed by atoms with van der Waals surface area (Å²) in [6.07, 6.45) is 3.63. The van der Waals surface area contributed by atoms with Gasteiger partial charge in [-0.2, -0.15) is 4.98 Å². The zero-order chi connectivity index (χ0) is 19.0. The van der Waals surface area contributed by atoms with E-state index in [-0.39, 0.29) is 17.1 Å². The topological polar surface area (TPSA) is 102 Å². The number of ether oxygens (including phenoxy) is 1. The van der Waals surface area contributed by atoms with E-state index in [0.717, 1.165) is 35.1 Å². The molecule has 0 spiro atoms. The molecule has 0 bridgehead atoms. The van der Waals surface area contributed by atoms with Crippen molar-refractivity contribution in [3.8, 4) is 5.69 Å². The van der Waals surface area contributed by atoms with E-state index in [2.05, 4.69) is 20.3 Å². The molecule has 0 amide bonds. The highest BCUT2D eigenvalue weighted by atomic mass is 16.5. The summed E-state index contributed by atoms with van der Waals surface area (Å²) in [7, 11) is 0. The Morgan fingerprint density at radius 2 is 2.19 bits per heavy atom. The van der Waals surface area contributed by atoms with E-state index in [0.29, 0.717) is 18.2 Å². The molecule has 3 aromatic rings. The maximum absolute atomic E-state index is 12.9. The van der Waals surface area contributed by atoms with Gasteiger partial charge in [0.1, 0.15) is 5.39 Å². The number of H-pyrrole nitrogens is 1. The van der Waals surface area contributed by atoms with Gasteiger partial charge in [-0.15, -0.1) is 0 Å². The molecule has 2 aromatic heterocycles. The Bertz CT molecular complexity index is 1110.